The summed E-state index contributed by atoms with van der Waals surface area (Å²) in [6.45, 7) is 8.42. The Kier molecular flexibility index (Phi) is 7.10. The van der Waals surface area contributed by atoms with Crippen LogP contribution in [0.5, 0.6) is 0 Å². The molecule has 3 aromatic rings. The smallest absolute Gasteiger partial charge is 0.256 e. The van der Waals surface area contributed by atoms with Crippen LogP contribution in [0.3, 0.4) is 0 Å². The summed E-state index contributed by atoms with van der Waals surface area (Å²) in [5.74, 6) is 1.14. The number of ether oxygens (including phenoxy) is 1. The first-order valence-electron chi connectivity index (χ1n) is 13.2. The predicted octanol–water partition coefficient (Wildman–Crippen LogP) is 5.02. The molecule has 1 aromatic heterocycles. The van der Waals surface area contributed by atoms with Gasteiger partial charge in [0.25, 0.3) is 5.91 Å². The fourth-order valence-electron chi connectivity index (χ4n) is 4.92. The number of benzene rings is 2. The van der Waals surface area contributed by atoms with Gasteiger partial charge < -0.3 is 19.5 Å². The van der Waals surface area contributed by atoms with Crippen molar-refractivity contribution < 1.29 is 14.3 Å². The normalized spacial score (nSPS) is 17.6. The minimum atomic E-state index is -0.164. The van der Waals surface area contributed by atoms with E-state index in [0.29, 0.717) is 30.3 Å². The fraction of sp³-hybridized carbons (Fsp3) is 0.483. The molecule has 1 aliphatic carbocycles. The van der Waals surface area contributed by atoms with Crippen molar-refractivity contribution in [2.24, 2.45) is 11.8 Å². The third-order valence-electron chi connectivity index (χ3n) is 7.15. The molecule has 190 valence electrons. The first kappa shape index (κ1) is 24.5. The van der Waals surface area contributed by atoms with Crippen LogP contribution in [0.25, 0.3) is 11.0 Å². The SMILES string of the molecule is Cc1nc2cc(NC(=O)C(C)C)cc(C(=O)N(CC3CC3)CC3CCCO3)c2n1Cc1ccccc1. The van der Waals surface area contributed by atoms with Gasteiger partial charge in [-0.3, -0.25) is 9.59 Å². The number of anilines is 1. The summed E-state index contributed by atoms with van der Waals surface area (Å²) in [5, 5.41) is 2.99. The predicted molar refractivity (Wildman–Crippen MR) is 141 cm³/mol. The molecule has 2 aliphatic rings. The molecule has 0 radical (unpaired) electrons. The Morgan fingerprint density at radius 2 is 1.92 bits per heavy atom. The van der Waals surface area contributed by atoms with Crippen molar-refractivity contribution in [3.8, 4) is 0 Å². The Balaban J connectivity index is 1.58. The van der Waals surface area contributed by atoms with E-state index in [-0.39, 0.29) is 23.8 Å². The van der Waals surface area contributed by atoms with Crippen LogP contribution in [0.1, 0.15) is 61.3 Å². The molecule has 2 heterocycles. The molecule has 2 aromatic carbocycles. The second-order valence-electron chi connectivity index (χ2n) is 10.6. The van der Waals surface area contributed by atoms with Crippen LogP contribution in [-0.2, 0) is 16.1 Å². The maximum absolute atomic E-state index is 14.2. The quantitative estimate of drug-likeness (QED) is 0.459. The Morgan fingerprint density at radius 3 is 2.58 bits per heavy atom. The lowest BCUT2D eigenvalue weighted by atomic mass is 10.1. The molecule has 1 N–H and O–H groups in total. The van der Waals surface area contributed by atoms with Crippen LogP contribution < -0.4 is 5.32 Å². The van der Waals surface area contributed by atoms with Gasteiger partial charge in [0.2, 0.25) is 5.91 Å². The average Bonchev–Trinajstić information content (AvgIpc) is 3.42. The lowest BCUT2D eigenvalue weighted by Gasteiger charge is -2.26. The van der Waals surface area contributed by atoms with Crippen LogP contribution in [0.2, 0.25) is 0 Å². The van der Waals surface area contributed by atoms with E-state index in [0.717, 1.165) is 48.4 Å². The summed E-state index contributed by atoms with van der Waals surface area (Å²) in [7, 11) is 0. The van der Waals surface area contributed by atoms with Crippen LogP contribution in [-0.4, -0.2) is 52.1 Å². The van der Waals surface area contributed by atoms with Gasteiger partial charge >= 0.3 is 0 Å². The zero-order valence-corrected chi connectivity index (χ0v) is 21.5. The van der Waals surface area contributed by atoms with Crippen LogP contribution in [0, 0.1) is 18.8 Å². The summed E-state index contributed by atoms with van der Waals surface area (Å²) < 4.78 is 8.02. The number of carbonyl (C=O) groups is 2. The summed E-state index contributed by atoms with van der Waals surface area (Å²) in [6, 6.07) is 13.9. The summed E-state index contributed by atoms with van der Waals surface area (Å²) >= 11 is 0. The van der Waals surface area contributed by atoms with Gasteiger partial charge in [0.15, 0.2) is 0 Å². The van der Waals surface area contributed by atoms with E-state index in [4.69, 9.17) is 9.72 Å². The van der Waals surface area contributed by atoms with Crippen molar-refractivity contribution >= 4 is 28.5 Å². The molecule has 5 rings (SSSR count). The minimum Gasteiger partial charge on any atom is -0.376 e. The number of carbonyl (C=O) groups excluding carboxylic acids is 2. The van der Waals surface area contributed by atoms with Gasteiger partial charge in [0, 0.05) is 37.8 Å². The molecule has 1 atom stereocenters. The highest BCUT2D eigenvalue weighted by molar-refractivity contribution is 6.08. The highest BCUT2D eigenvalue weighted by atomic mass is 16.5. The van der Waals surface area contributed by atoms with Crippen LogP contribution in [0.15, 0.2) is 42.5 Å². The number of fused-ring (bicyclic) bond motifs is 1. The van der Waals surface area contributed by atoms with E-state index in [1.54, 1.807) is 0 Å². The Morgan fingerprint density at radius 1 is 1.14 bits per heavy atom. The zero-order valence-electron chi connectivity index (χ0n) is 21.5. The van der Waals surface area contributed by atoms with Gasteiger partial charge in [-0.2, -0.15) is 0 Å². The molecule has 0 spiro atoms. The van der Waals surface area contributed by atoms with E-state index < -0.39 is 0 Å². The molecular formula is C29H36N4O3. The van der Waals surface area contributed by atoms with Gasteiger partial charge in [-0.15, -0.1) is 0 Å². The fourth-order valence-corrected chi connectivity index (χ4v) is 4.92. The third-order valence-corrected chi connectivity index (χ3v) is 7.15. The molecule has 2 fully saturated rings. The van der Waals surface area contributed by atoms with Gasteiger partial charge in [0.1, 0.15) is 5.82 Å². The lowest BCUT2D eigenvalue weighted by Crippen LogP contribution is -2.39. The first-order chi connectivity index (χ1) is 17.4. The zero-order chi connectivity index (χ0) is 25.2. The van der Waals surface area contributed by atoms with Crippen LogP contribution in [0.4, 0.5) is 5.69 Å². The van der Waals surface area contributed by atoms with Crippen molar-refractivity contribution in [1.82, 2.24) is 14.5 Å². The second-order valence-corrected chi connectivity index (χ2v) is 10.6. The first-order valence-corrected chi connectivity index (χ1v) is 13.2. The Bertz CT molecular complexity index is 1240. The number of aromatic nitrogens is 2. The number of aryl methyl sites for hydroxylation is 1. The van der Waals surface area contributed by atoms with Gasteiger partial charge in [-0.1, -0.05) is 44.2 Å². The van der Waals surface area contributed by atoms with E-state index in [9.17, 15) is 9.59 Å². The largest absolute Gasteiger partial charge is 0.376 e. The summed E-state index contributed by atoms with van der Waals surface area (Å²) in [5.41, 5.74) is 3.87. The molecule has 1 saturated heterocycles. The number of rotatable bonds is 9. The van der Waals surface area contributed by atoms with E-state index in [2.05, 4.69) is 22.0 Å². The highest BCUT2D eigenvalue weighted by Crippen LogP contribution is 2.33. The Hall–Kier alpha value is -3.19. The van der Waals surface area contributed by atoms with E-state index >= 15 is 0 Å². The average molecular weight is 489 g/mol. The van der Waals surface area contributed by atoms with Crippen molar-refractivity contribution in [1.29, 1.82) is 0 Å². The lowest BCUT2D eigenvalue weighted by molar-refractivity contribution is -0.118. The molecule has 36 heavy (non-hydrogen) atoms. The van der Waals surface area contributed by atoms with Crippen molar-refractivity contribution in [2.75, 3.05) is 25.0 Å². The standard InChI is InChI=1S/C29H36N4O3/c1-19(2)28(34)31-23-14-25(29(35)32(16-22-11-12-22)18-24-10-7-13-36-24)27-26(15-23)30-20(3)33(27)17-21-8-5-4-6-9-21/h4-6,8-9,14-15,19,22,24H,7,10-13,16-18H2,1-3H3,(H,31,34). The molecule has 2 amide bonds. The minimum absolute atomic E-state index is 0.0164. The van der Waals surface area contributed by atoms with Crippen molar-refractivity contribution in [3.05, 3.63) is 59.4 Å². The molecule has 1 aliphatic heterocycles. The van der Waals surface area contributed by atoms with E-state index in [1.807, 2.05) is 56.0 Å². The summed E-state index contributed by atoms with van der Waals surface area (Å²) in [6.07, 6.45) is 4.45. The number of imidazole rings is 1. The summed E-state index contributed by atoms with van der Waals surface area (Å²) in [4.78, 5) is 33.5. The van der Waals surface area contributed by atoms with Gasteiger partial charge in [0.05, 0.1) is 22.7 Å². The Labute approximate surface area is 212 Å². The monoisotopic (exact) mass is 488 g/mol. The molecule has 7 heteroatoms. The number of nitrogens with one attached hydrogen (secondary N) is 1. The van der Waals surface area contributed by atoms with Crippen molar-refractivity contribution in [2.45, 2.75) is 59.1 Å². The highest BCUT2D eigenvalue weighted by Gasteiger charge is 2.32. The second kappa shape index (κ2) is 10.4. The van der Waals surface area contributed by atoms with Gasteiger partial charge in [-0.05, 0) is 56.2 Å². The molecule has 7 nitrogen and oxygen atoms in total. The maximum Gasteiger partial charge on any atom is 0.256 e. The third kappa shape index (κ3) is 5.46. The molecule has 1 saturated carbocycles. The van der Waals surface area contributed by atoms with Gasteiger partial charge in [-0.25, -0.2) is 4.98 Å². The number of nitrogens with zero attached hydrogens (tertiary/aromatic N) is 3. The molecule has 0 bridgehead atoms. The van der Waals surface area contributed by atoms with Crippen LogP contribution >= 0.6 is 0 Å². The maximum atomic E-state index is 14.2. The molecule has 1 unspecified atom stereocenters. The number of hydrogen-bond donors (Lipinski definition) is 1. The number of hydrogen-bond acceptors (Lipinski definition) is 4. The number of amides is 2. The van der Waals surface area contributed by atoms with E-state index in [1.165, 1.54) is 12.8 Å². The molecular weight excluding hydrogens is 452 g/mol. The van der Waals surface area contributed by atoms with Crippen molar-refractivity contribution in [3.63, 3.8) is 0 Å². The topological polar surface area (TPSA) is 76.5 Å².